The molecule has 0 saturated carbocycles. The topological polar surface area (TPSA) is 65.5 Å². The lowest BCUT2D eigenvalue weighted by molar-refractivity contribution is 0.0698. The van der Waals surface area contributed by atoms with Crippen LogP contribution in [-0.2, 0) is 6.42 Å². The van der Waals surface area contributed by atoms with Crippen LogP contribution in [-0.4, -0.2) is 29.7 Å². The summed E-state index contributed by atoms with van der Waals surface area (Å²) in [6, 6.07) is 16.8. The summed E-state index contributed by atoms with van der Waals surface area (Å²) in [5.41, 5.74) is 7.19. The fourth-order valence-electron chi connectivity index (χ4n) is 4.19. The maximum Gasteiger partial charge on any atom is 0.337 e. The largest absolute Gasteiger partial charge is 0.478 e. The first-order chi connectivity index (χ1) is 14.5. The van der Waals surface area contributed by atoms with Crippen LogP contribution in [0.25, 0.3) is 0 Å². The summed E-state index contributed by atoms with van der Waals surface area (Å²) in [6.07, 6.45) is 6.41. The maximum atomic E-state index is 11.4. The van der Waals surface area contributed by atoms with Gasteiger partial charge in [0.25, 0.3) is 0 Å². The van der Waals surface area contributed by atoms with Crippen molar-refractivity contribution in [2.24, 2.45) is 0 Å². The van der Waals surface area contributed by atoms with E-state index in [9.17, 15) is 9.90 Å². The standard InChI is InChI=1S/C25H27N3O2/c1-17-6-8-20(9-7-17)28(2)21-10-11-22-18(14-21)4-3-5-19(22)15-27-24-16-26-13-12-23(24)25(29)30/h6-14,16,19,27H,3-5,15H2,1-2H3,(H,29,30)/t19-/m0/s1. The van der Waals surface area contributed by atoms with Crippen molar-refractivity contribution >= 4 is 23.0 Å². The summed E-state index contributed by atoms with van der Waals surface area (Å²) < 4.78 is 0. The number of nitrogens with zero attached hydrogens (tertiary/aromatic N) is 2. The van der Waals surface area contributed by atoms with Gasteiger partial charge in [0.1, 0.15) is 0 Å². The predicted octanol–water partition coefficient (Wildman–Crippen LogP) is 5.39. The quantitative estimate of drug-likeness (QED) is 0.580. The molecule has 4 rings (SSSR count). The van der Waals surface area contributed by atoms with E-state index in [1.165, 1.54) is 40.3 Å². The van der Waals surface area contributed by atoms with Crippen LogP contribution >= 0.6 is 0 Å². The van der Waals surface area contributed by atoms with Crippen molar-refractivity contribution in [3.05, 3.63) is 83.2 Å². The average Bonchev–Trinajstić information content (AvgIpc) is 2.77. The van der Waals surface area contributed by atoms with Crippen molar-refractivity contribution in [1.29, 1.82) is 0 Å². The second-order valence-corrected chi connectivity index (χ2v) is 7.97. The second kappa shape index (κ2) is 8.57. The smallest absolute Gasteiger partial charge is 0.337 e. The Kier molecular flexibility index (Phi) is 5.70. The van der Waals surface area contributed by atoms with Gasteiger partial charge in [-0.1, -0.05) is 23.8 Å². The van der Waals surface area contributed by atoms with E-state index >= 15 is 0 Å². The van der Waals surface area contributed by atoms with Gasteiger partial charge in [0.15, 0.2) is 0 Å². The van der Waals surface area contributed by atoms with Crippen molar-refractivity contribution in [1.82, 2.24) is 4.98 Å². The first kappa shape index (κ1) is 20.0. The molecule has 3 aromatic rings. The summed E-state index contributed by atoms with van der Waals surface area (Å²) >= 11 is 0. The fraction of sp³-hybridized carbons (Fsp3) is 0.280. The summed E-state index contributed by atoms with van der Waals surface area (Å²) in [5.74, 6) is -0.581. The summed E-state index contributed by atoms with van der Waals surface area (Å²) in [4.78, 5) is 17.7. The molecular formula is C25H27N3O2. The molecule has 0 amide bonds. The van der Waals surface area contributed by atoms with Crippen molar-refractivity contribution < 1.29 is 9.90 Å². The number of carbonyl (C=O) groups is 1. The third-order valence-electron chi connectivity index (χ3n) is 5.96. The zero-order valence-corrected chi connectivity index (χ0v) is 17.4. The van der Waals surface area contributed by atoms with Gasteiger partial charge in [0.05, 0.1) is 17.4 Å². The molecule has 2 aromatic carbocycles. The van der Waals surface area contributed by atoms with Gasteiger partial charge >= 0.3 is 5.97 Å². The van der Waals surface area contributed by atoms with Crippen LogP contribution in [0.3, 0.4) is 0 Å². The van der Waals surface area contributed by atoms with E-state index in [-0.39, 0.29) is 5.56 Å². The maximum absolute atomic E-state index is 11.4. The number of aromatic nitrogens is 1. The van der Waals surface area contributed by atoms with Crippen LogP contribution in [0, 0.1) is 6.92 Å². The Morgan fingerprint density at radius 3 is 2.70 bits per heavy atom. The minimum absolute atomic E-state index is 0.260. The molecule has 30 heavy (non-hydrogen) atoms. The Hall–Kier alpha value is -3.34. The molecule has 0 radical (unpaired) electrons. The van der Waals surface area contributed by atoms with E-state index in [1.54, 1.807) is 6.20 Å². The number of aromatic carboxylic acids is 1. The number of anilines is 3. The Labute approximate surface area is 177 Å². The minimum Gasteiger partial charge on any atom is -0.478 e. The number of pyridine rings is 1. The molecule has 0 saturated heterocycles. The van der Waals surface area contributed by atoms with Crippen molar-refractivity contribution in [2.45, 2.75) is 32.1 Å². The van der Waals surface area contributed by atoms with Crippen LogP contribution < -0.4 is 10.2 Å². The number of nitrogens with one attached hydrogen (secondary N) is 1. The molecule has 1 aliphatic rings. The molecule has 0 aliphatic heterocycles. The van der Waals surface area contributed by atoms with Crippen LogP contribution in [0.2, 0.25) is 0 Å². The lowest BCUT2D eigenvalue weighted by Gasteiger charge is -2.28. The first-order valence-electron chi connectivity index (χ1n) is 10.4. The Morgan fingerprint density at radius 1 is 1.17 bits per heavy atom. The predicted molar refractivity (Wildman–Crippen MR) is 121 cm³/mol. The molecule has 2 N–H and O–H groups in total. The highest BCUT2D eigenvalue weighted by molar-refractivity contribution is 5.93. The molecule has 0 bridgehead atoms. The van der Waals surface area contributed by atoms with E-state index < -0.39 is 5.97 Å². The third kappa shape index (κ3) is 4.15. The number of carboxylic acids is 1. The number of carboxylic acid groups (broad SMARTS) is 1. The molecule has 0 unspecified atom stereocenters. The number of rotatable bonds is 6. The summed E-state index contributed by atoms with van der Waals surface area (Å²) in [6.45, 7) is 2.80. The molecule has 0 spiro atoms. The van der Waals surface area contributed by atoms with E-state index in [2.05, 4.69) is 71.6 Å². The SMILES string of the molecule is Cc1ccc(N(C)c2ccc3c(c2)CCC[C@H]3CNc2cnccc2C(=O)O)cc1. The fourth-order valence-corrected chi connectivity index (χ4v) is 4.19. The normalized spacial score (nSPS) is 15.3. The van der Waals surface area contributed by atoms with Crippen molar-refractivity contribution in [3.63, 3.8) is 0 Å². The third-order valence-corrected chi connectivity index (χ3v) is 5.96. The summed E-state index contributed by atoms with van der Waals surface area (Å²) in [7, 11) is 2.10. The molecule has 5 heteroatoms. The zero-order chi connectivity index (χ0) is 21.1. The van der Waals surface area contributed by atoms with Crippen LogP contribution in [0.1, 0.15) is 45.8 Å². The van der Waals surface area contributed by atoms with Gasteiger partial charge in [-0.15, -0.1) is 0 Å². The van der Waals surface area contributed by atoms with Gasteiger partial charge in [-0.05, 0) is 67.6 Å². The highest BCUT2D eigenvalue weighted by Gasteiger charge is 2.22. The lowest BCUT2D eigenvalue weighted by atomic mass is 9.82. The highest BCUT2D eigenvalue weighted by atomic mass is 16.4. The number of benzene rings is 2. The number of hydrogen-bond acceptors (Lipinski definition) is 4. The Balaban J connectivity index is 1.52. The lowest BCUT2D eigenvalue weighted by Crippen LogP contribution is -2.20. The van der Waals surface area contributed by atoms with Crippen molar-refractivity contribution in [3.8, 4) is 0 Å². The van der Waals surface area contributed by atoms with Crippen molar-refractivity contribution in [2.75, 3.05) is 23.8 Å². The Bertz CT molecular complexity index is 1050. The van der Waals surface area contributed by atoms with Crippen LogP contribution in [0.4, 0.5) is 17.1 Å². The molecule has 1 aromatic heterocycles. The van der Waals surface area contributed by atoms with E-state index in [1.807, 2.05) is 0 Å². The molecular weight excluding hydrogens is 374 g/mol. The molecule has 5 nitrogen and oxygen atoms in total. The van der Waals surface area contributed by atoms with Gasteiger partial charge in [-0.3, -0.25) is 4.98 Å². The van der Waals surface area contributed by atoms with Gasteiger partial charge < -0.3 is 15.3 Å². The molecule has 1 atom stereocenters. The number of fused-ring (bicyclic) bond motifs is 1. The van der Waals surface area contributed by atoms with Gasteiger partial charge in [-0.2, -0.15) is 0 Å². The molecule has 0 fully saturated rings. The number of aryl methyl sites for hydroxylation is 2. The van der Waals surface area contributed by atoms with E-state index in [0.717, 1.165) is 19.3 Å². The van der Waals surface area contributed by atoms with Gasteiger partial charge in [0, 0.05) is 37.1 Å². The number of hydrogen-bond donors (Lipinski definition) is 2. The average molecular weight is 402 g/mol. The van der Waals surface area contributed by atoms with Crippen LogP contribution in [0.15, 0.2) is 60.9 Å². The van der Waals surface area contributed by atoms with Gasteiger partial charge in [-0.25, -0.2) is 4.79 Å². The van der Waals surface area contributed by atoms with E-state index in [4.69, 9.17) is 0 Å². The molecule has 1 heterocycles. The minimum atomic E-state index is -0.937. The summed E-state index contributed by atoms with van der Waals surface area (Å²) in [5, 5.41) is 12.7. The highest BCUT2D eigenvalue weighted by Crippen LogP contribution is 2.35. The molecule has 1 aliphatic carbocycles. The Morgan fingerprint density at radius 2 is 1.93 bits per heavy atom. The second-order valence-electron chi connectivity index (χ2n) is 7.97. The van der Waals surface area contributed by atoms with Gasteiger partial charge in [0.2, 0.25) is 0 Å². The molecule has 154 valence electrons. The van der Waals surface area contributed by atoms with E-state index in [0.29, 0.717) is 18.2 Å². The monoisotopic (exact) mass is 401 g/mol. The first-order valence-corrected chi connectivity index (χ1v) is 10.4. The zero-order valence-electron chi connectivity index (χ0n) is 17.4. The van der Waals surface area contributed by atoms with Crippen LogP contribution in [0.5, 0.6) is 0 Å².